The Hall–Kier alpha value is -1.14. The van der Waals surface area contributed by atoms with Gasteiger partial charge in [0.05, 0.1) is 6.54 Å². The molecule has 0 unspecified atom stereocenters. The zero-order valence-electron chi connectivity index (χ0n) is 13.9. The number of thiazole rings is 1. The fraction of sp³-hybridized carbons (Fsp3) is 0.750. The Labute approximate surface area is 138 Å². The maximum atomic E-state index is 4.42. The number of nitrogens with one attached hydrogen (secondary N) is 2. The second-order valence-corrected chi connectivity index (χ2v) is 6.88. The van der Waals surface area contributed by atoms with E-state index in [4.69, 9.17) is 0 Å². The van der Waals surface area contributed by atoms with Gasteiger partial charge in [-0.3, -0.25) is 4.99 Å². The van der Waals surface area contributed by atoms with Crippen molar-refractivity contribution in [1.82, 2.24) is 20.5 Å². The van der Waals surface area contributed by atoms with Crippen LogP contribution in [0.4, 0.5) is 0 Å². The molecule has 1 saturated heterocycles. The minimum absolute atomic E-state index is 0.744. The van der Waals surface area contributed by atoms with Crippen LogP contribution in [0.25, 0.3) is 0 Å². The van der Waals surface area contributed by atoms with Gasteiger partial charge < -0.3 is 15.5 Å². The van der Waals surface area contributed by atoms with Crippen LogP contribution < -0.4 is 10.6 Å². The number of aliphatic imine (C=N–C) groups is 1. The van der Waals surface area contributed by atoms with E-state index in [1.165, 1.54) is 43.6 Å². The van der Waals surface area contributed by atoms with Gasteiger partial charge in [0.2, 0.25) is 0 Å². The van der Waals surface area contributed by atoms with Crippen LogP contribution >= 0.6 is 11.3 Å². The monoisotopic (exact) mass is 323 g/mol. The lowest BCUT2D eigenvalue weighted by Crippen LogP contribution is -2.41. The van der Waals surface area contributed by atoms with Gasteiger partial charge in [-0.05, 0) is 32.4 Å². The van der Waals surface area contributed by atoms with Crippen molar-refractivity contribution < 1.29 is 0 Å². The van der Waals surface area contributed by atoms with Crippen molar-refractivity contribution in [2.45, 2.75) is 45.6 Å². The average molecular weight is 324 g/mol. The molecule has 2 heterocycles. The van der Waals surface area contributed by atoms with E-state index in [1.54, 1.807) is 11.3 Å². The largest absolute Gasteiger partial charge is 0.355 e. The van der Waals surface area contributed by atoms with Crippen LogP contribution in [-0.4, -0.2) is 49.1 Å². The molecule has 0 bridgehead atoms. The Kier molecular flexibility index (Phi) is 7.66. The van der Waals surface area contributed by atoms with Crippen LogP contribution in [0.15, 0.2) is 11.2 Å². The maximum absolute atomic E-state index is 4.42. The van der Waals surface area contributed by atoms with Gasteiger partial charge in [-0.15, -0.1) is 11.3 Å². The van der Waals surface area contributed by atoms with Crippen molar-refractivity contribution in [3.8, 4) is 0 Å². The van der Waals surface area contributed by atoms with E-state index in [9.17, 15) is 0 Å². The number of aryl methyl sites for hydroxylation is 1. The number of rotatable bonds is 6. The molecule has 124 valence electrons. The Bertz CT molecular complexity index is 449. The molecule has 22 heavy (non-hydrogen) atoms. The molecule has 0 atom stereocenters. The van der Waals surface area contributed by atoms with E-state index in [2.05, 4.69) is 32.4 Å². The molecule has 0 aromatic carbocycles. The molecule has 2 N–H and O–H groups in total. The van der Waals surface area contributed by atoms with E-state index >= 15 is 0 Å². The zero-order valence-corrected chi connectivity index (χ0v) is 14.7. The Morgan fingerprint density at radius 1 is 1.27 bits per heavy atom. The summed E-state index contributed by atoms with van der Waals surface area (Å²) in [4.78, 5) is 12.6. The number of likely N-dealkylation sites (tertiary alicyclic amines) is 1. The highest BCUT2D eigenvalue weighted by molar-refractivity contribution is 7.11. The predicted octanol–water partition coefficient (Wildman–Crippen LogP) is 2.25. The molecular formula is C16H29N5S. The second kappa shape index (κ2) is 9.79. The van der Waals surface area contributed by atoms with Crippen LogP contribution in [0.3, 0.4) is 0 Å². The molecular weight excluding hydrogens is 294 g/mol. The molecule has 1 aliphatic rings. The lowest BCUT2D eigenvalue weighted by atomic mass is 10.2. The fourth-order valence-electron chi connectivity index (χ4n) is 2.67. The first-order chi connectivity index (χ1) is 10.8. The zero-order chi connectivity index (χ0) is 15.6. The van der Waals surface area contributed by atoms with Crippen molar-refractivity contribution in [1.29, 1.82) is 0 Å². The summed E-state index contributed by atoms with van der Waals surface area (Å²) in [6, 6.07) is 0. The molecule has 1 fully saturated rings. The van der Waals surface area contributed by atoms with Gasteiger partial charge >= 0.3 is 0 Å². The Morgan fingerprint density at radius 3 is 2.68 bits per heavy atom. The van der Waals surface area contributed by atoms with E-state index in [-0.39, 0.29) is 0 Å². The molecule has 0 radical (unpaired) electrons. The maximum Gasteiger partial charge on any atom is 0.191 e. The first-order valence-electron chi connectivity index (χ1n) is 8.42. The van der Waals surface area contributed by atoms with E-state index in [1.807, 2.05) is 13.2 Å². The van der Waals surface area contributed by atoms with E-state index in [0.29, 0.717) is 0 Å². The third kappa shape index (κ3) is 5.93. The molecule has 0 spiro atoms. The summed E-state index contributed by atoms with van der Waals surface area (Å²) in [5, 5.41) is 7.86. The van der Waals surface area contributed by atoms with Crippen LogP contribution in [0, 0.1) is 0 Å². The fourth-order valence-corrected chi connectivity index (χ4v) is 3.47. The summed E-state index contributed by atoms with van der Waals surface area (Å²) in [6.07, 6.45) is 8.49. The minimum atomic E-state index is 0.744. The third-order valence-electron chi connectivity index (χ3n) is 4.00. The Morgan fingerprint density at radius 2 is 2.05 bits per heavy atom. The number of hydrogen-bond donors (Lipinski definition) is 2. The third-order valence-corrected chi connectivity index (χ3v) is 5.14. The highest BCUT2D eigenvalue weighted by Gasteiger charge is 2.08. The van der Waals surface area contributed by atoms with Gasteiger partial charge in [0.15, 0.2) is 5.96 Å². The second-order valence-electron chi connectivity index (χ2n) is 5.68. The molecule has 2 rings (SSSR count). The summed E-state index contributed by atoms with van der Waals surface area (Å²) >= 11 is 1.77. The van der Waals surface area contributed by atoms with Crippen LogP contribution in [0.2, 0.25) is 0 Å². The highest BCUT2D eigenvalue weighted by atomic mass is 32.1. The summed E-state index contributed by atoms with van der Waals surface area (Å²) in [5.74, 6) is 0.864. The summed E-state index contributed by atoms with van der Waals surface area (Å²) in [6.45, 7) is 7.43. The van der Waals surface area contributed by atoms with Crippen molar-refractivity contribution in [2.24, 2.45) is 4.99 Å². The average Bonchev–Trinajstić information content (AvgIpc) is 2.85. The Balaban J connectivity index is 1.66. The smallest absolute Gasteiger partial charge is 0.191 e. The highest BCUT2D eigenvalue weighted by Crippen LogP contribution is 2.12. The minimum Gasteiger partial charge on any atom is -0.355 e. The van der Waals surface area contributed by atoms with Crippen molar-refractivity contribution in [3.05, 3.63) is 16.1 Å². The van der Waals surface area contributed by atoms with Gasteiger partial charge in [-0.25, -0.2) is 4.98 Å². The number of hydrogen-bond acceptors (Lipinski definition) is 4. The molecule has 0 amide bonds. The van der Waals surface area contributed by atoms with Gasteiger partial charge in [-0.1, -0.05) is 19.8 Å². The molecule has 6 heteroatoms. The van der Waals surface area contributed by atoms with Gasteiger partial charge in [0.25, 0.3) is 0 Å². The number of guanidine groups is 1. The first-order valence-corrected chi connectivity index (χ1v) is 9.24. The number of nitrogens with zero attached hydrogens (tertiary/aromatic N) is 3. The van der Waals surface area contributed by atoms with Gasteiger partial charge in [0, 0.05) is 31.2 Å². The SMILES string of the molecule is CCc1cnc(CNC(=NC)NCCN2CCCCCC2)s1. The number of aromatic nitrogens is 1. The lowest BCUT2D eigenvalue weighted by Gasteiger charge is -2.20. The van der Waals surface area contributed by atoms with Gasteiger partial charge in [0.1, 0.15) is 5.01 Å². The molecule has 0 aliphatic carbocycles. The molecule has 1 aromatic rings. The van der Waals surface area contributed by atoms with E-state index < -0.39 is 0 Å². The van der Waals surface area contributed by atoms with Crippen molar-refractivity contribution >= 4 is 17.3 Å². The van der Waals surface area contributed by atoms with Crippen LogP contribution in [-0.2, 0) is 13.0 Å². The molecule has 5 nitrogen and oxygen atoms in total. The molecule has 0 saturated carbocycles. The first kappa shape index (κ1) is 17.2. The molecule has 1 aromatic heterocycles. The normalized spacial score (nSPS) is 17.3. The van der Waals surface area contributed by atoms with Gasteiger partial charge in [-0.2, -0.15) is 0 Å². The quantitative estimate of drug-likeness (QED) is 0.623. The lowest BCUT2D eigenvalue weighted by molar-refractivity contribution is 0.289. The van der Waals surface area contributed by atoms with Crippen molar-refractivity contribution in [2.75, 3.05) is 33.2 Å². The summed E-state index contributed by atoms with van der Waals surface area (Å²) < 4.78 is 0. The summed E-state index contributed by atoms with van der Waals surface area (Å²) in [5.41, 5.74) is 0. The van der Waals surface area contributed by atoms with Crippen LogP contribution in [0.5, 0.6) is 0 Å². The predicted molar refractivity (Wildman–Crippen MR) is 94.6 cm³/mol. The standard InChI is InChI=1S/C16H29N5S/c1-3-14-12-19-15(22-14)13-20-16(17-2)18-8-11-21-9-6-4-5-7-10-21/h12H,3-11,13H2,1-2H3,(H2,17,18,20). The van der Waals surface area contributed by atoms with Crippen molar-refractivity contribution in [3.63, 3.8) is 0 Å². The van der Waals surface area contributed by atoms with Crippen LogP contribution in [0.1, 0.15) is 42.5 Å². The molecule has 1 aliphatic heterocycles. The summed E-state index contributed by atoms with van der Waals surface area (Å²) in [7, 11) is 1.82. The van der Waals surface area contributed by atoms with E-state index in [0.717, 1.165) is 37.0 Å². The topological polar surface area (TPSA) is 52.6 Å².